The largest absolute Gasteiger partial charge is 0.490 e. The maximum absolute atomic E-state index is 12.5. The van der Waals surface area contributed by atoms with Gasteiger partial charge in [0.1, 0.15) is 5.75 Å². The van der Waals surface area contributed by atoms with Crippen LogP contribution in [0.2, 0.25) is 0 Å². The first-order valence-corrected chi connectivity index (χ1v) is 16.5. The Labute approximate surface area is 262 Å². The Bertz CT molecular complexity index is 1380. The lowest BCUT2D eigenvalue weighted by Crippen LogP contribution is -2.29. The highest BCUT2D eigenvalue weighted by atomic mass is 16.5. The number of rotatable bonds is 18. The van der Waals surface area contributed by atoms with Crippen molar-refractivity contribution in [2.45, 2.75) is 102 Å². The molecule has 1 aromatic heterocycles. The molecule has 5 rings (SSSR count). The van der Waals surface area contributed by atoms with E-state index in [2.05, 4.69) is 65.8 Å². The summed E-state index contributed by atoms with van der Waals surface area (Å²) in [6.07, 6.45) is 13.6. The lowest BCUT2D eigenvalue weighted by Gasteiger charge is -2.23. The van der Waals surface area contributed by atoms with Crippen LogP contribution in [0.25, 0.3) is 11.1 Å². The Morgan fingerprint density at radius 2 is 1.91 bits per heavy atom. The molecule has 0 radical (unpaired) electrons. The molecule has 2 aromatic carbocycles. The Balaban J connectivity index is 1.13. The number of para-hydroxylation sites is 1. The molecule has 1 amide bonds. The number of pyridine rings is 1. The topological polar surface area (TPSA) is 94.9 Å². The van der Waals surface area contributed by atoms with Crippen LogP contribution in [0.1, 0.15) is 86.5 Å². The van der Waals surface area contributed by atoms with Crippen LogP contribution in [0.5, 0.6) is 5.75 Å². The average molecular weight is 600 g/mol. The van der Waals surface area contributed by atoms with Gasteiger partial charge < -0.3 is 25.2 Å². The SMILES string of the molecule is Cc1ccc(CCCCC(=O)N(C)CCCCC(O)CO)cc1CNC1(c2cnccc2-c2ccccc2OC2CC2)CC1. The number of aryl methyl sites for hydroxylation is 2. The summed E-state index contributed by atoms with van der Waals surface area (Å²) in [6, 6.07) is 17.3. The molecule has 2 fully saturated rings. The maximum atomic E-state index is 12.5. The smallest absolute Gasteiger partial charge is 0.222 e. The van der Waals surface area contributed by atoms with E-state index in [0.29, 0.717) is 25.5 Å². The van der Waals surface area contributed by atoms with E-state index in [9.17, 15) is 9.90 Å². The number of aliphatic hydroxyl groups is 2. The van der Waals surface area contributed by atoms with Gasteiger partial charge in [0, 0.05) is 50.1 Å². The lowest BCUT2D eigenvalue weighted by atomic mass is 9.94. The van der Waals surface area contributed by atoms with Crippen molar-refractivity contribution in [2.24, 2.45) is 0 Å². The number of nitrogens with one attached hydrogen (secondary N) is 1. The van der Waals surface area contributed by atoms with E-state index in [1.807, 2.05) is 19.4 Å². The van der Waals surface area contributed by atoms with Crippen LogP contribution in [0.15, 0.2) is 60.9 Å². The molecule has 1 heterocycles. The minimum absolute atomic E-state index is 0.0796. The molecule has 0 bridgehead atoms. The summed E-state index contributed by atoms with van der Waals surface area (Å²) >= 11 is 0. The van der Waals surface area contributed by atoms with E-state index in [0.717, 1.165) is 75.6 Å². The number of nitrogens with zero attached hydrogens (tertiary/aromatic N) is 2. The van der Waals surface area contributed by atoms with Gasteiger partial charge in [0.15, 0.2) is 0 Å². The van der Waals surface area contributed by atoms with Crippen LogP contribution in [-0.4, -0.2) is 58.4 Å². The molecule has 3 aromatic rings. The van der Waals surface area contributed by atoms with Gasteiger partial charge in [-0.2, -0.15) is 0 Å². The van der Waals surface area contributed by atoms with Gasteiger partial charge in [-0.1, -0.05) is 36.4 Å². The minimum atomic E-state index is -0.655. The summed E-state index contributed by atoms with van der Waals surface area (Å²) in [5, 5.41) is 22.3. The first kappa shape index (κ1) is 32.1. The monoisotopic (exact) mass is 599 g/mol. The van der Waals surface area contributed by atoms with Gasteiger partial charge in [0.25, 0.3) is 0 Å². The number of hydrogen-bond acceptors (Lipinski definition) is 6. The van der Waals surface area contributed by atoms with Gasteiger partial charge in [-0.25, -0.2) is 0 Å². The Morgan fingerprint density at radius 1 is 1.09 bits per heavy atom. The van der Waals surface area contributed by atoms with Gasteiger partial charge in [-0.15, -0.1) is 0 Å². The van der Waals surface area contributed by atoms with Gasteiger partial charge in [0.2, 0.25) is 5.91 Å². The highest BCUT2D eigenvalue weighted by Gasteiger charge is 2.45. The highest BCUT2D eigenvalue weighted by molar-refractivity contribution is 5.76. The lowest BCUT2D eigenvalue weighted by molar-refractivity contribution is -0.130. The zero-order valence-corrected chi connectivity index (χ0v) is 26.4. The fraction of sp³-hybridized carbons (Fsp3) is 0.514. The average Bonchev–Trinajstić information content (AvgIpc) is 3.99. The molecule has 2 aliphatic rings. The molecule has 0 aliphatic heterocycles. The number of aliphatic hydroxyl groups excluding tert-OH is 2. The van der Waals surface area contributed by atoms with Crippen molar-refractivity contribution in [3.63, 3.8) is 0 Å². The van der Waals surface area contributed by atoms with Gasteiger partial charge >= 0.3 is 0 Å². The first-order valence-electron chi connectivity index (χ1n) is 16.5. The molecule has 0 saturated heterocycles. The van der Waals surface area contributed by atoms with E-state index in [-0.39, 0.29) is 18.1 Å². The summed E-state index contributed by atoms with van der Waals surface area (Å²) in [5.41, 5.74) is 7.43. The molecule has 1 atom stereocenters. The van der Waals surface area contributed by atoms with E-state index in [4.69, 9.17) is 9.84 Å². The molecular weight excluding hydrogens is 550 g/mol. The normalized spacial score (nSPS) is 16.0. The second-order valence-electron chi connectivity index (χ2n) is 12.8. The molecule has 236 valence electrons. The van der Waals surface area contributed by atoms with Crippen molar-refractivity contribution < 1.29 is 19.7 Å². The summed E-state index contributed by atoms with van der Waals surface area (Å²) in [7, 11) is 1.85. The third kappa shape index (κ3) is 8.68. The van der Waals surface area contributed by atoms with Crippen molar-refractivity contribution in [3.05, 3.63) is 83.2 Å². The Morgan fingerprint density at radius 3 is 2.68 bits per heavy atom. The van der Waals surface area contributed by atoms with E-state index in [1.54, 1.807) is 4.90 Å². The third-order valence-electron chi connectivity index (χ3n) is 9.14. The van der Waals surface area contributed by atoms with Gasteiger partial charge in [-0.05, 0) is 111 Å². The summed E-state index contributed by atoms with van der Waals surface area (Å²) in [6.45, 7) is 3.47. The van der Waals surface area contributed by atoms with Crippen molar-refractivity contribution in [1.29, 1.82) is 0 Å². The van der Waals surface area contributed by atoms with Crippen LogP contribution in [0.4, 0.5) is 0 Å². The molecule has 2 saturated carbocycles. The third-order valence-corrected chi connectivity index (χ3v) is 9.14. The summed E-state index contributed by atoms with van der Waals surface area (Å²) in [5.74, 6) is 1.14. The zero-order valence-electron chi connectivity index (χ0n) is 26.4. The summed E-state index contributed by atoms with van der Waals surface area (Å²) < 4.78 is 6.28. The predicted molar refractivity (Wildman–Crippen MR) is 174 cm³/mol. The van der Waals surface area contributed by atoms with Crippen molar-refractivity contribution in [3.8, 4) is 16.9 Å². The molecule has 7 nitrogen and oxygen atoms in total. The molecule has 0 spiro atoms. The van der Waals surface area contributed by atoms with Gasteiger partial charge in [-0.3, -0.25) is 9.78 Å². The van der Waals surface area contributed by atoms with E-state index < -0.39 is 6.10 Å². The molecule has 7 heteroatoms. The number of amides is 1. The van der Waals surface area contributed by atoms with Crippen LogP contribution in [0.3, 0.4) is 0 Å². The van der Waals surface area contributed by atoms with E-state index in [1.165, 1.54) is 27.8 Å². The van der Waals surface area contributed by atoms with E-state index >= 15 is 0 Å². The number of benzene rings is 2. The zero-order chi connectivity index (χ0) is 30.9. The number of carbonyl (C=O) groups excluding carboxylic acids is 1. The highest BCUT2D eigenvalue weighted by Crippen LogP contribution is 2.50. The number of hydrogen-bond donors (Lipinski definition) is 3. The molecular formula is C37H49N3O4. The van der Waals surface area contributed by atoms with Crippen LogP contribution in [-0.2, 0) is 23.3 Å². The Hall–Kier alpha value is -3.26. The number of unbranched alkanes of at least 4 members (excludes halogenated alkanes) is 2. The molecule has 2 aliphatic carbocycles. The quantitative estimate of drug-likeness (QED) is 0.154. The summed E-state index contributed by atoms with van der Waals surface area (Å²) in [4.78, 5) is 18.9. The predicted octanol–water partition coefficient (Wildman–Crippen LogP) is 6.07. The minimum Gasteiger partial charge on any atom is -0.490 e. The number of aromatic nitrogens is 1. The van der Waals surface area contributed by atoms with Crippen molar-refractivity contribution in [2.75, 3.05) is 20.2 Å². The molecule has 1 unspecified atom stereocenters. The van der Waals surface area contributed by atoms with Crippen LogP contribution in [0, 0.1) is 6.92 Å². The van der Waals surface area contributed by atoms with Crippen LogP contribution < -0.4 is 10.1 Å². The van der Waals surface area contributed by atoms with Crippen molar-refractivity contribution in [1.82, 2.24) is 15.2 Å². The van der Waals surface area contributed by atoms with Crippen LogP contribution >= 0.6 is 0 Å². The maximum Gasteiger partial charge on any atom is 0.222 e. The first-order chi connectivity index (χ1) is 21.4. The molecule has 44 heavy (non-hydrogen) atoms. The second kappa shape index (κ2) is 15.2. The Kier molecular flexibility index (Phi) is 11.1. The number of ether oxygens (including phenoxy) is 1. The fourth-order valence-electron chi connectivity index (χ4n) is 5.91. The fourth-order valence-corrected chi connectivity index (χ4v) is 5.91. The number of carbonyl (C=O) groups is 1. The molecule has 3 N–H and O–H groups in total. The second-order valence-corrected chi connectivity index (χ2v) is 12.8. The van der Waals surface area contributed by atoms with Gasteiger partial charge in [0.05, 0.1) is 18.8 Å². The standard InChI is InChI=1S/C37H49N3O4/c1-27-14-15-28(9-3-6-13-36(43)40(2)22-8-7-10-30(42)26-41)23-29(27)24-39-37(19-20-37)34-25-38-21-18-32(34)33-11-4-5-12-35(33)44-31-16-17-31/h4-5,11-12,14-15,18,21,23,25,30-31,39,41-42H,3,6-10,13,16-17,19-20,22,24,26H2,1-2H3. The van der Waals surface area contributed by atoms with Crippen molar-refractivity contribution >= 4 is 5.91 Å².